The number of likely N-dealkylation sites (tertiary alicyclic amines) is 1. The number of aliphatic carboxylic acids is 1. The molecule has 0 atom stereocenters. The van der Waals surface area contributed by atoms with E-state index in [0.29, 0.717) is 31.5 Å². The van der Waals surface area contributed by atoms with Gasteiger partial charge in [0.1, 0.15) is 0 Å². The van der Waals surface area contributed by atoms with E-state index in [1.165, 1.54) is 41.3 Å². The van der Waals surface area contributed by atoms with Crippen LogP contribution in [0.5, 0.6) is 0 Å². The topological polar surface area (TPSA) is 150 Å². The van der Waals surface area contributed by atoms with Crippen molar-refractivity contribution < 1.29 is 32.7 Å². The highest BCUT2D eigenvalue weighted by molar-refractivity contribution is 7.92. The summed E-state index contributed by atoms with van der Waals surface area (Å²) in [5.41, 5.74) is 0.896. The zero-order valence-electron chi connectivity index (χ0n) is 20.9. The third-order valence-electron chi connectivity index (χ3n) is 6.48. The first-order valence-electron chi connectivity index (χ1n) is 12.3. The lowest BCUT2D eigenvalue weighted by Crippen LogP contribution is -2.45. The van der Waals surface area contributed by atoms with Crippen molar-refractivity contribution in [1.82, 2.24) is 10.2 Å². The van der Waals surface area contributed by atoms with Crippen molar-refractivity contribution in [3.05, 3.63) is 95.6 Å². The Labute approximate surface area is 225 Å². The van der Waals surface area contributed by atoms with Crippen LogP contribution in [0.1, 0.15) is 39.1 Å². The number of nitrogens with one attached hydrogen (secondary N) is 2. The van der Waals surface area contributed by atoms with E-state index in [4.69, 9.17) is 5.11 Å². The molecule has 0 spiro atoms. The maximum Gasteiger partial charge on any atom is 0.306 e. The number of sulfonamides is 1. The van der Waals surface area contributed by atoms with Gasteiger partial charge in [0.15, 0.2) is 5.78 Å². The zero-order valence-corrected chi connectivity index (χ0v) is 21.7. The summed E-state index contributed by atoms with van der Waals surface area (Å²) in [6, 6.07) is 20.0. The third-order valence-corrected chi connectivity index (χ3v) is 7.86. The average Bonchev–Trinajstić information content (AvgIpc) is 2.96. The number of nitrogens with zero attached hydrogens (tertiary/aromatic N) is 1. The summed E-state index contributed by atoms with van der Waals surface area (Å²) in [7, 11) is -4.08. The first kappa shape index (κ1) is 27.5. The smallest absolute Gasteiger partial charge is 0.306 e. The Kier molecular flexibility index (Phi) is 8.40. The molecule has 4 rings (SSSR count). The molecule has 0 aliphatic carbocycles. The maximum absolute atomic E-state index is 13.0. The summed E-state index contributed by atoms with van der Waals surface area (Å²) in [6.07, 6.45) is 0.730. The highest BCUT2D eigenvalue weighted by Crippen LogP contribution is 2.23. The number of ketones is 1. The lowest BCUT2D eigenvalue weighted by molar-refractivity contribution is -0.145. The van der Waals surface area contributed by atoms with Gasteiger partial charge in [-0.05, 0) is 49.2 Å². The lowest BCUT2D eigenvalue weighted by atomic mass is 9.97. The maximum atomic E-state index is 13.0. The first-order chi connectivity index (χ1) is 18.7. The van der Waals surface area contributed by atoms with Gasteiger partial charge in [-0.2, -0.15) is 0 Å². The van der Waals surface area contributed by atoms with Gasteiger partial charge in [-0.1, -0.05) is 42.5 Å². The summed E-state index contributed by atoms with van der Waals surface area (Å²) in [6.45, 7) is 0.362. The normalized spacial score (nSPS) is 13.9. The number of piperidine rings is 1. The summed E-state index contributed by atoms with van der Waals surface area (Å²) in [5.74, 6) is -2.55. The van der Waals surface area contributed by atoms with E-state index in [1.807, 2.05) is 0 Å². The second kappa shape index (κ2) is 11.9. The van der Waals surface area contributed by atoms with Crippen LogP contribution in [0.15, 0.2) is 83.8 Å². The Hall–Kier alpha value is -4.51. The molecule has 39 heavy (non-hydrogen) atoms. The zero-order chi connectivity index (χ0) is 28.0. The molecule has 1 aliphatic heterocycles. The molecular formula is C28H27N3O7S. The number of carboxylic acids is 1. The Morgan fingerprint density at radius 2 is 1.44 bits per heavy atom. The predicted octanol–water partition coefficient (Wildman–Crippen LogP) is 2.77. The van der Waals surface area contributed by atoms with Crippen molar-refractivity contribution in [3.63, 3.8) is 0 Å². The minimum atomic E-state index is -4.08. The number of hydrogen-bond donors (Lipinski definition) is 3. The molecule has 202 valence electrons. The number of amides is 2. The first-order valence-corrected chi connectivity index (χ1v) is 13.7. The van der Waals surface area contributed by atoms with Gasteiger partial charge in [0.05, 0.1) is 23.0 Å². The Bertz CT molecular complexity index is 1480. The number of para-hydroxylation sites is 1. The SMILES string of the molecule is O=C(NCC(=O)N1CCC(C(=O)O)CC1)c1ccc(S(=O)(=O)Nc2ccccc2C(=O)c2ccccc2)cc1. The Morgan fingerprint density at radius 1 is 0.821 bits per heavy atom. The standard InChI is InChI=1S/C28H27N3O7S/c32-25(31-16-14-21(15-17-31)28(35)36)18-29-27(34)20-10-12-22(13-11-20)39(37,38)30-24-9-5-4-8-23(24)26(33)19-6-2-1-3-7-19/h1-13,21,30H,14-18H2,(H,29,34)(H,35,36). The van der Waals surface area contributed by atoms with Gasteiger partial charge in [0.25, 0.3) is 15.9 Å². The van der Waals surface area contributed by atoms with E-state index >= 15 is 0 Å². The molecule has 0 unspecified atom stereocenters. The molecule has 11 heteroatoms. The summed E-state index contributed by atoms with van der Waals surface area (Å²) >= 11 is 0. The minimum absolute atomic E-state index is 0.113. The number of carbonyl (C=O) groups excluding carboxylic acids is 3. The molecule has 1 saturated heterocycles. The molecule has 10 nitrogen and oxygen atoms in total. The van der Waals surface area contributed by atoms with Crippen LogP contribution in [0.2, 0.25) is 0 Å². The molecule has 1 fully saturated rings. The van der Waals surface area contributed by atoms with Crippen LogP contribution in [0.25, 0.3) is 0 Å². The molecule has 0 bridgehead atoms. The number of carbonyl (C=O) groups is 4. The lowest BCUT2D eigenvalue weighted by Gasteiger charge is -2.30. The second-order valence-corrected chi connectivity index (χ2v) is 10.7. The molecule has 0 saturated carbocycles. The van der Waals surface area contributed by atoms with Gasteiger partial charge >= 0.3 is 5.97 Å². The second-order valence-electron chi connectivity index (χ2n) is 9.05. The average molecular weight is 550 g/mol. The van der Waals surface area contributed by atoms with E-state index in [2.05, 4.69) is 10.0 Å². The van der Waals surface area contributed by atoms with Crippen molar-refractivity contribution in [2.75, 3.05) is 24.4 Å². The Morgan fingerprint density at radius 3 is 2.08 bits per heavy atom. The highest BCUT2D eigenvalue weighted by atomic mass is 32.2. The van der Waals surface area contributed by atoms with Crippen LogP contribution < -0.4 is 10.0 Å². The van der Waals surface area contributed by atoms with E-state index < -0.39 is 27.8 Å². The molecule has 0 aromatic heterocycles. The fourth-order valence-corrected chi connectivity index (χ4v) is 5.33. The molecule has 3 N–H and O–H groups in total. The molecule has 3 aromatic rings. The summed E-state index contributed by atoms with van der Waals surface area (Å²) < 4.78 is 28.5. The fourth-order valence-electron chi connectivity index (χ4n) is 4.25. The van der Waals surface area contributed by atoms with Gasteiger partial charge in [0, 0.05) is 29.8 Å². The Balaban J connectivity index is 1.38. The molecule has 3 aromatic carbocycles. The van der Waals surface area contributed by atoms with Gasteiger partial charge in [-0.25, -0.2) is 8.42 Å². The van der Waals surface area contributed by atoms with Gasteiger partial charge in [-0.3, -0.25) is 23.9 Å². The monoisotopic (exact) mass is 549 g/mol. The van der Waals surface area contributed by atoms with Crippen LogP contribution in [0.4, 0.5) is 5.69 Å². The summed E-state index contributed by atoms with van der Waals surface area (Å²) in [4.78, 5) is 50.3. The van der Waals surface area contributed by atoms with E-state index in [9.17, 15) is 27.6 Å². The van der Waals surface area contributed by atoms with E-state index in [-0.39, 0.29) is 39.9 Å². The largest absolute Gasteiger partial charge is 0.481 e. The van der Waals surface area contributed by atoms with Crippen LogP contribution in [-0.4, -0.2) is 61.6 Å². The van der Waals surface area contributed by atoms with Crippen LogP contribution in [0.3, 0.4) is 0 Å². The molecule has 0 radical (unpaired) electrons. The van der Waals surface area contributed by atoms with Crippen molar-refractivity contribution in [3.8, 4) is 0 Å². The van der Waals surface area contributed by atoms with Crippen molar-refractivity contribution in [2.24, 2.45) is 5.92 Å². The molecule has 2 amide bonds. The van der Waals surface area contributed by atoms with Crippen LogP contribution in [-0.2, 0) is 19.6 Å². The van der Waals surface area contributed by atoms with Gasteiger partial charge in [0.2, 0.25) is 5.91 Å². The number of rotatable bonds is 9. The van der Waals surface area contributed by atoms with E-state index in [0.717, 1.165) is 0 Å². The molecule has 1 aliphatic rings. The van der Waals surface area contributed by atoms with Crippen LogP contribution in [0, 0.1) is 5.92 Å². The number of benzene rings is 3. The van der Waals surface area contributed by atoms with Gasteiger partial charge in [-0.15, -0.1) is 0 Å². The van der Waals surface area contributed by atoms with Crippen molar-refractivity contribution in [2.45, 2.75) is 17.7 Å². The quantitative estimate of drug-likeness (QED) is 0.347. The van der Waals surface area contributed by atoms with Crippen LogP contribution >= 0.6 is 0 Å². The van der Waals surface area contributed by atoms with E-state index in [1.54, 1.807) is 42.5 Å². The minimum Gasteiger partial charge on any atom is -0.481 e. The predicted molar refractivity (Wildman–Crippen MR) is 143 cm³/mol. The molecule has 1 heterocycles. The number of hydrogen-bond acceptors (Lipinski definition) is 6. The van der Waals surface area contributed by atoms with Crippen molar-refractivity contribution >= 4 is 39.3 Å². The number of carboxylic acid groups (broad SMARTS) is 1. The number of anilines is 1. The van der Waals surface area contributed by atoms with Crippen molar-refractivity contribution in [1.29, 1.82) is 0 Å². The fraction of sp³-hybridized carbons (Fsp3) is 0.214. The third kappa shape index (κ3) is 6.68. The highest BCUT2D eigenvalue weighted by Gasteiger charge is 2.27. The van der Waals surface area contributed by atoms with Gasteiger partial charge < -0.3 is 15.3 Å². The summed E-state index contributed by atoms with van der Waals surface area (Å²) in [5, 5.41) is 11.6. The molecular weight excluding hydrogens is 522 g/mol.